The number of hydrogen-bond acceptors (Lipinski definition) is 2. The molecule has 0 amide bonds. The van der Waals surface area contributed by atoms with Crippen molar-refractivity contribution in [1.29, 1.82) is 0 Å². The summed E-state index contributed by atoms with van der Waals surface area (Å²) in [4.78, 5) is 6.64. The van der Waals surface area contributed by atoms with Crippen molar-refractivity contribution >= 4 is 17.3 Å². The molecule has 0 bridgehead atoms. The number of anilines is 1. The van der Waals surface area contributed by atoms with Crippen LogP contribution in [0.25, 0.3) is 0 Å². The number of alkyl halides is 1. The van der Waals surface area contributed by atoms with Crippen LogP contribution in [-0.2, 0) is 5.88 Å². The van der Waals surface area contributed by atoms with Crippen molar-refractivity contribution < 1.29 is 0 Å². The van der Waals surface area contributed by atoms with E-state index in [0.29, 0.717) is 11.8 Å². The van der Waals surface area contributed by atoms with E-state index in [-0.39, 0.29) is 0 Å². The lowest BCUT2D eigenvalue weighted by Crippen LogP contribution is -2.20. The fraction of sp³-hybridized carbons (Fsp3) is 0.312. The van der Waals surface area contributed by atoms with E-state index < -0.39 is 0 Å². The standard InChI is InChI=1S/C16H17ClN2/c17-10-14-6-8-18-11-16(14)19-9-7-15(12-19)13-4-2-1-3-5-13/h1-6,8,11,15H,7,9-10,12H2. The van der Waals surface area contributed by atoms with Gasteiger partial charge in [0.15, 0.2) is 0 Å². The Balaban J connectivity index is 1.79. The Morgan fingerprint density at radius 1 is 1.21 bits per heavy atom. The van der Waals surface area contributed by atoms with Crippen molar-refractivity contribution in [2.75, 3.05) is 18.0 Å². The molecule has 3 rings (SSSR count). The molecule has 2 nitrogen and oxygen atoms in total. The van der Waals surface area contributed by atoms with Crippen molar-refractivity contribution in [3.8, 4) is 0 Å². The van der Waals surface area contributed by atoms with Gasteiger partial charge in [-0.05, 0) is 23.6 Å². The number of aromatic nitrogens is 1. The van der Waals surface area contributed by atoms with E-state index in [4.69, 9.17) is 11.6 Å². The van der Waals surface area contributed by atoms with Gasteiger partial charge in [0.2, 0.25) is 0 Å². The molecular weight excluding hydrogens is 256 g/mol. The van der Waals surface area contributed by atoms with E-state index in [0.717, 1.165) is 13.1 Å². The van der Waals surface area contributed by atoms with Crippen LogP contribution in [-0.4, -0.2) is 18.1 Å². The molecule has 0 saturated carbocycles. The molecule has 1 unspecified atom stereocenters. The third-order valence-corrected chi connectivity index (χ3v) is 4.12. The van der Waals surface area contributed by atoms with Crippen LogP contribution in [0.4, 0.5) is 5.69 Å². The van der Waals surface area contributed by atoms with Crippen LogP contribution in [0.3, 0.4) is 0 Å². The Hall–Kier alpha value is -1.54. The lowest BCUT2D eigenvalue weighted by atomic mass is 9.99. The molecule has 98 valence electrons. The fourth-order valence-corrected chi connectivity index (χ4v) is 3.02. The normalized spacial score (nSPS) is 18.8. The lowest BCUT2D eigenvalue weighted by molar-refractivity contribution is 0.775. The minimum absolute atomic E-state index is 0.546. The van der Waals surface area contributed by atoms with Gasteiger partial charge in [-0.1, -0.05) is 30.3 Å². The second-order valence-corrected chi connectivity index (χ2v) is 5.25. The van der Waals surface area contributed by atoms with Gasteiger partial charge in [-0.2, -0.15) is 0 Å². The number of rotatable bonds is 3. The Morgan fingerprint density at radius 2 is 2.05 bits per heavy atom. The van der Waals surface area contributed by atoms with Crippen LogP contribution in [0.15, 0.2) is 48.8 Å². The highest BCUT2D eigenvalue weighted by Crippen LogP contribution is 2.32. The molecule has 1 aliphatic rings. The Morgan fingerprint density at radius 3 is 2.84 bits per heavy atom. The molecule has 1 aromatic carbocycles. The van der Waals surface area contributed by atoms with Crippen molar-refractivity contribution in [2.24, 2.45) is 0 Å². The molecule has 1 atom stereocenters. The molecule has 1 aliphatic heterocycles. The Kier molecular flexibility index (Phi) is 3.69. The molecule has 3 heteroatoms. The molecule has 2 heterocycles. The van der Waals surface area contributed by atoms with Crippen LogP contribution < -0.4 is 4.90 Å². The zero-order chi connectivity index (χ0) is 13.1. The molecule has 0 radical (unpaired) electrons. The van der Waals surface area contributed by atoms with Crippen molar-refractivity contribution in [1.82, 2.24) is 4.98 Å². The molecular formula is C16H17ClN2. The van der Waals surface area contributed by atoms with Crippen LogP contribution in [0.1, 0.15) is 23.5 Å². The average Bonchev–Trinajstić information content (AvgIpc) is 2.98. The topological polar surface area (TPSA) is 16.1 Å². The smallest absolute Gasteiger partial charge is 0.0597 e. The highest BCUT2D eigenvalue weighted by Gasteiger charge is 2.25. The SMILES string of the molecule is ClCc1ccncc1N1CCC(c2ccccc2)C1. The minimum Gasteiger partial charge on any atom is -0.369 e. The molecule has 0 aliphatic carbocycles. The first-order valence-electron chi connectivity index (χ1n) is 6.67. The van der Waals surface area contributed by atoms with Crippen molar-refractivity contribution in [3.05, 3.63) is 59.9 Å². The Bertz CT molecular complexity index is 541. The average molecular weight is 273 g/mol. The quantitative estimate of drug-likeness (QED) is 0.790. The van der Waals surface area contributed by atoms with Gasteiger partial charge in [0.25, 0.3) is 0 Å². The molecule has 1 fully saturated rings. The third kappa shape index (κ3) is 2.59. The summed E-state index contributed by atoms with van der Waals surface area (Å²) >= 11 is 6.01. The van der Waals surface area contributed by atoms with Crippen molar-refractivity contribution in [2.45, 2.75) is 18.2 Å². The second-order valence-electron chi connectivity index (χ2n) is 4.98. The van der Waals surface area contributed by atoms with E-state index in [9.17, 15) is 0 Å². The number of nitrogens with zero attached hydrogens (tertiary/aromatic N) is 2. The number of halogens is 1. The van der Waals surface area contributed by atoms with E-state index in [2.05, 4.69) is 40.2 Å². The van der Waals surface area contributed by atoms with Gasteiger partial charge < -0.3 is 4.90 Å². The summed E-state index contributed by atoms with van der Waals surface area (Å²) in [5.41, 5.74) is 3.79. The molecule has 1 aromatic heterocycles. The van der Waals surface area contributed by atoms with E-state index in [1.807, 2.05) is 18.5 Å². The molecule has 0 spiro atoms. The number of pyridine rings is 1. The van der Waals surface area contributed by atoms with Gasteiger partial charge in [0.05, 0.1) is 11.9 Å². The largest absolute Gasteiger partial charge is 0.369 e. The maximum Gasteiger partial charge on any atom is 0.0597 e. The molecule has 19 heavy (non-hydrogen) atoms. The molecule has 2 aromatic rings. The van der Waals surface area contributed by atoms with E-state index >= 15 is 0 Å². The van der Waals surface area contributed by atoms with E-state index in [1.165, 1.54) is 23.2 Å². The first-order chi connectivity index (χ1) is 9.38. The summed E-state index contributed by atoms with van der Waals surface area (Å²) in [5.74, 6) is 1.16. The van der Waals surface area contributed by atoms with Gasteiger partial charge >= 0.3 is 0 Å². The van der Waals surface area contributed by atoms with Crippen LogP contribution >= 0.6 is 11.6 Å². The predicted octanol–water partition coefficient (Wildman–Crippen LogP) is 3.81. The predicted molar refractivity (Wildman–Crippen MR) is 79.8 cm³/mol. The number of hydrogen-bond donors (Lipinski definition) is 0. The second kappa shape index (κ2) is 5.62. The summed E-state index contributed by atoms with van der Waals surface area (Å²) in [6.07, 6.45) is 4.94. The zero-order valence-electron chi connectivity index (χ0n) is 10.8. The summed E-state index contributed by atoms with van der Waals surface area (Å²) < 4.78 is 0. The van der Waals surface area contributed by atoms with Gasteiger partial charge in [-0.25, -0.2) is 0 Å². The minimum atomic E-state index is 0.546. The highest BCUT2D eigenvalue weighted by atomic mass is 35.5. The van der Waals surface area contributed by atoms with Crippen molar-refractivity contribution in [3.63, 3.8) is 0 Å². The highest BCUT2D eigenvalue weighted by molar-refractivity contribution is 6.17. The third-order valence-electron chi connectivity index (χ3n) is 3.83. The van der Waals surface area contributed by atoms with Gasteiger partial charge in [-0.3, -0.25) is 4.98 Å². The first kappa shape index (κ1) is 12.5. The zero-order valence-corrected chi connectivity index (χ0v) is 11.6. The summed E-state index contributed by atoms with van der Waals surface area (Å²) in [6.45, 7) is 2.13. The van der Waals surface area contributed by atoms with Gasteiger partial charge in [0, 0.05) is 31.1 Å². The Labute approximate surface area is 119 Å². The maximum atomic E-state index is 6.01. The monoisotopic (exact) mass is 272 g/mol. The maximum absolute atomic E-state index is 6.01. The summed E-state index contributed by atoms with van der Waals surface area (Å²) in [6, 6.07) is 12.8. The summed E-state index contributed by atoms with van der Waals surface area (Å²) in [5, 5.41) is 0. The first-order valence-corrected chi connectivity index (χ1v) is 7.20. The lowest BCUT2D eigenvalue weighted by Gasteiger charge is -2.21. The van der Waals surface area contributed by atoms with Crippen LogP contribution in [0.2, 0.25) is 0 Å². The van der Waals surface area contributed by atoms with Crippen LogP contribution in [0, 0.1) is 0 Å². The van der Waals surface area contributed by atoms with E-state index in [1.54, 1.807) is 0 Å². The fourth-order valence-electron chi connectivity index (χ4n) is 2.79. The van der Waals surface area contributed by atoms with Gasteiger partial charge in [-0.15, -0.1) is 11.6 Å². The van der Waals surface area contributed by atoms with Gasteiger partial charge in [0.1, 0.15) is 0 Å². The molecule has 1 saturated heterocycles. The molecule has 0 N–H and O–H groups in total. The van der Waals surface area contributed by atoms with Crippen LogP contribution in [0.5, 0.6) is 0 Å². The number of benzene rings is 1. The summed E-state index contributed by atoms with van der Waals surface area (Å²) in [7, 11) is 0.